The zero-order chi connectivity index (χ0) is 12.8. The number of nitrogens with zero attached hydrogens (tertiary/aromatic N) is 2. The molecule has 0 aromatic carbocycles. The van der Waals surface area contributed by atoms with Crippen LogP contribution in [-0.4, -0.2) is 42.0 Å². The van der Waals surface area contributed by atoms with E-state index < -0.39 is 0 Å². The second kappa shape index (κ2) is 9.97. The number of aryl methyl sites for hydroxylation is 1. The van der Waals surface area contributed by atoms with Gasteiger partial charge >= 0.3 is 0 Å². The molecule has 1 aliphatic rings. The van der Waals surface area contributed by atoms with Crippen LogP contribution >= 0.6 is 24.8 Å². The van der Waals surface area contributed by atoms with E-state index in [2.05, 4.69) is 10.3 Å². The quantitative estimate of drug-likeness (QED) is 0.924. The fourth-order valence-corrected chi connectivity index (χ4v) is 2.37. The van der Waals surface area contributed by atoms with Crippen molar-refractivity contribution in [2.45, 2.75) is 31.7 Å². The molecule has 0 saturated carbocycles. The second-order valence-corrected chi connectivity index (χ2v) is 4.84. The summed E-state index contributed by atoms with van der Waals surface area (Å²) in [5, 5.41) is 3.32. The summed E-state index contributed by atoms with van der Waals surface area (Å²) in [6, 6.07) is 4.35. The lowest BCUT2D eigenvalue weighted by atomic mass is 10.0. The number of carbonyl (C=O) groups excluding carboxylic acids is 1. The molecule has 1 aromatic rings. The van der Waals surface area contributed by atoms with E-state index in [1.807, 2.05) is 24.1 Å². The molecular formula is C14H23Cl2N3O. The van der Waals surface area contributed by atoms with Crippen molar-refractivity contribution in [2.24, 2.45) is 0 Å². The first-order valence-corrected chi connectivity index (χ1v) is 6.62. The Bertz CT molecular complexity index is 383. The molecule has 6 heteroatoms. The lowest BCUT2D eigenvalue weighted by Crippen LogP contribution is -2.44. The fourth-order valence-electron chi connectivity index (χ4n) is 2.37. The molecule has 1 N–H and O–H groups in total. The van der Waals surface area contributed by atoms with Crippen LogP contribution in [-0.2, 0) is 11.2 Å². The van der Waals surface area contributed by atoms with Gasteiger partial charge in [-0.3, -0.25) is 9.78 Å². The Balaban J connectivity index is 0.00000180. The average molecular weight is 320 g/mol. The van der Waals surface area contributed by atoms with E-state index in [4.69, 9.17) is 0 Å². The van der Waals surface area contributed by atoms with Crippen LogP contribution in [0.15, 0.2) is 24.5 Å². The normalized spacial score (nSPS) is 14.8. The van der Waals surface area contributed by atoms with Gasteiger partial charge in [-0.15, -0.1) is 24.8 Å². The van der Waals surface area contributed by atoms with Crippen LogP contribution in [0.2, 0.25) is 0 Å². The molecule has 2 heterocycles. The zero-order valence-corrected chi connectivity index (χ0v) is 13.4. The van der Waals surface area contributed by atoms with Crippen LogP contribution in [0.25, 0.3) is 0 Å². The first-order valence-electron chi connectivity index (χ1n) is 6.62. The Morgan fingerprint density at radius 3 is 2.50 bits per heavy atom. The van der Waals surface area contributed by atoms with E-state index in [1.165, 1.54) is 5.56 Å². The van der Waals surface area contributed by atoms with Crippen molar-refractivity contribution in [1.29, 1.82) is 0 Å². The summed E-state index contributed by atoms with van der Waals surface area (Å²) in [5.41, 5.74) is 1.18. The number of hydrogen-bond acceptors (Lipinski definition) is 3. The topological polar surface area (TPSA) is 45.2 Å². The van der Waals surface area contributed by atoms with Gasteiger partial charge in [0.1, 0.15) is 0 Å². The van der Waals surface area contributed by atoms with Crippen LogP contribution in [0.1, 0.15) is 24.8 Å². The molecule has 0 aliphatic carbocycles. The summed E-state index contributed by atoms with van der Waals surface area (Å²) in [6.07, 6.45) is 7.07. The Morgan fingerprint density at radius 1 is 1.30 bits per heavy atom. The molecular weight excluding hydrogens is 297 g/mol. The minimum Gasteiger partial charge on any atom is -0.343 e. The molecule has 1 aromatic heterocycles. The Morgan fingerprint density at radius 2 is 1.90 bits per heavy atom. The summed E-state index contributed by atoms with van der Waals surface area (Å²) in [7, 11) is 1.94. The number of aromatic nitrogens is 1. The van der Waals surface area contributed by atoms with Crippen LogP contribution in [0.5, 0.6) is 0 Å². The van der Waals surface area contributed by atoms with Gasteiger partial charge in [-0.25, -0.2) is 0 Å². The first-order chi connectivity index (χ1) is 8.77. The van der Waals surface area contributed by atoms with Crippen LogP contribution in [0, 0.1) is 0 Å². The van der Waals surface area contributed by atoms with Gasteiger partial charge in [-0.2, -0.15) is 0 Å². The molecule has 0 atom stereocenters. The lowest BCUT2D eigenvalue weighted by molar-refractivity contribution is -0.132. The molecule has 4 nitrogen and oxygen atoms in total. The third kappa shape index (κ3) is 5.65. The number of piperidine rings is 1. The average Bonchev–Trinajstić information content (AvgIpc) is 2.46. The van der Waals surface area contributed by atoms with Crippen molar-refractivity contribution < 1.29 is 4.79 Å². The summed E-state index contributed by atoms with van der Waals surface area (Å²) < 4.78 is 0. The fraction of sp³-hybridized carbons (Fsp3) is 0.571. The smallest absolute Gasteiger partial charge is 0.222 e. The number of nitrogens with one attached hydrogen (secondary N) is 1. The molecule has 0 unspecified atom stereocenters. The monoisotopic (exact) mass is 319 g/mol. The van der Waals surface area contributed by atoms with E-state index in [0.29, 0.717) is 12.5 Å². The van der Waals surface area contributed by atoms with Gasteiger partial charge in [-0.1, -0.05) is 0 Å². The lowest BCUT2D eigenvalue weighted by Gasteiger charge is -2.31. The molecule has 0 bridgehead atoms. The molecule has 1 fully saturated rings. The number of amides is 1. The van der Waals surface area contributed by atoms with Gasteiger partial charge in [0.05, 0.1) is 0 Å². The molecule has 1 amide bonds. The van der Waals surface area contributed by atoms with E-state index in [-0.39, 0.29) is 30.7 Å². The van der Waals surface area contributed by atoms with Crippen molar-refractivity contribution in [2.75, 3.05) is 20.1 Å². The van der Waals surface area contributed by atoms with Crippen molar-refractivity contribution in [3.63, 3.8) is 0 Å². The number of halogens is 2. The summed E-state index contributed by atoms with van der Waals surface area (Å²) in [5.74, 6) is 0.249. The summed E-state index contributed by atoms with van der Waals surface area (Å²) >= 11 is 0. The van der Waals surface area contributed by atoms with Crippen molar-refractivity contribution >= 4 is 30.7 Å². The predicted octanol–water partition coefficient (Wildman–Crippen LogP) is 2.07. The molecule has 1 saturated heterocycles. The number of rotatable bonds is 4. The zero-order valence-electron chi connectivity index (χ0n) is 11.7. The predicted molar refractivity (Wildman–Crippen MR) is 85.7 cm³/mol. The van der Waals surface area contributed by atoms with Crippen LogP contribution in [0.4, 0.5) is 0 Å². The van der Waals surface area contributed by atoms with E-state index >= 15 is 0 Å². The maximum absolute atomic E-state index is 12.1. The molecule has 20 heavy (non-hydrogen) atoms. The van der Waals surface area contributed by atoms with Gasteiger partial charge in [-0.05, 0) is 50.0 Å². The summed E-state index contributed by atoms with van der Waals surface area (Å²) in [4.78, 5) is 18.0. The van der Waals surface area contributed by atoms with Gasteiger partial charge in [0.2, 0.25) is 5.91 Å². The van der Waals surface area contributed by atoms with Gasteiger partial charge in [0.25, 0.3) is 0 Å². The van der Waals surface area contributed by atoms with Crippen LogP contribution < -0.4 is 5.32 Å². The van der Waals surface area contributed by atoms with Crippen molar-refractivity contribution in [3.05, 3.63) is 30.1 Å². The second-order valence-electron chi connectivity index (χ2n) is 4.84. The number of carbonyl (C=O) groups is 1. The molecule has 114 valence electrons. The standard InChI is InChI=1S/C14H21N3O.2ClH/c1-17(13-6-10-16-11-7-13)14(18)3-2-12-4-8-15-9-5-12;;/h4-5,8-9,13,16H,2-3,6-7,10-11H2,1H3;2*1H. The van der Waals surface area contributed by atoms with Gasteiger partial charge < -0.3 is 10.2 Å². The maximum Gasteiger partial charge on any atom is 0.222 e. The molecule has 0 radical (unpaired) electrons. The third-order valence-electron chi connectivity index (χ3n) is 3.63. The van der Waals surface area contributed by atoms with Gasteiger partial charge in [0.15, 0.2) is 0 Å². The Labute approximate surface area is 133 Å². The Hall–Kier alpha value is -0.840. The first kappa shape index (κ1) is 19.2. The van der Waals surface area contributed by atoms with Gasteiger partial charge in [0, 0.05) is 31.9 Å². The highest BCUT2D eigenvalue weighted by Crippen LogP contribution is 2.12. The van der Waals surface area contributed by atoms with Crippen molar-refractivity contribution in [1.82, 2.24) is 15.2 Å². The molecule has 0 spiro atoms. The largest absolute Gasteiger partial charge is 0.343 e. The minimum atomic E-state index is 0. The third-order valence-corrected chi connectivity index (χ3v) is 3.63. The van der Waals surface area contributed by atoms with E-state index in [1.54, 1.807) is 12.4 Å². The number of hydrogen-bond donors (Lipinski definition) is 1. The van der Waals surface area contributed by atoms with Crippen LogP contribution in [0.3, 0.4) is 0 Å². The number of pyridine rings is 1. The molecule has 2 rings (SSSR count). The minimum absolute atomic E-state index is 0. The Kier molecular flexibility index (Phi) is 9.55. The molecule has 1 aliphatic heterocycles. The summed E-state index contributed by atoms with van der Waals surface area (Å²) in [6.45, 7) is 2.04. The van der Waals surface area contributed by atoms with Crippen molar-refractivity contribution in [3.8, 4) is 0 Å². The van der Waals surface area contributed by atoms with E-state index in [9.17, 15) is 4.79 Å². The highest BCUT2D eigenvalue weighted by molar-refractivity contribution is 5.85. The van der Waals surface area contributed by atoms with E-state index in [0.717, 1.165) is 32.4 Å². The highest BCUT2D eigenvalue weighted by atomic mass is 35.5. The maximum atomic E-state index is 12.1. The SMILES string of the molecule is CN(C(=O)CCc1ccncc1)C1CCNCC1.Cl.Cl. The highest BCUT2D eigenvalue weighted by Gasteiger charge is 2.21.